The van der Waals surface area contributed by atoms with Crippen molar-refractivity contribution in [1.82, 2.24) is 10.2 Å². The standard InChI is InChI=1S/C21H22N4O3/c1-4-14-7-5-6-8-16(14)22-19-11-12-20(25-24-19)23-21(26)15-9-10-17(27-2)18(13-15)28-3/h5-13H,4H2,1-3H3,(H,22,24)(H,23,25,26). The van der Waals surface area contributed by atoms with Crippen LogP contribution < -0.4 is 20.1 Å². The van der Waals surface area contributed by atoms with E-state index in [-0.39, 0.29) is 5.91 Å². The summed E-state index contributed by atoms with van der Waals surface area (Å²) in [7, 11) is 3.06. The number of hydrogen-bond donors (Lipinski definition) is 2. The van der Waals surface area contributed by atoms with Gasteiger partial charge in [-0.05, 0) is 48.4 Å². The predicted octanol–water partition coefficient (Wildman–Crippen LogP) is 4.05. The van der Waals surface area contributed by atoms with Gasteiger partial charge in [-0.2, -0.15) is 0 Å². The van der Waals surface area contributed by atoms with Crippen LogP contribution in [0.15, 0.2) is 54.6 Å². The van der Waals surface area contributed by atoms with Crippen LogP contribution >= 0.6 is 0 Å². The maximum absolute atomic E-state index is 12.5. The Balaban J connectivity index is 1.69. The fraction of sp³-hybridized carbons (Fsp3) is 0.190. The highest BCUT2D eigenvalue weighted by Gasteiger charge is 2.12. The maximum Gasteiger partial charge on any atom is 0.257 e. The Morgan fingerprint density at radius 1 is 0.929 bits per heavy atom. The van der Waals surface area contributed by atoms with Gasteiger partial charge in [0, 0.05) is 11.3 Å². The van der Waals surface area contributed by atoms with Gasteiger partial charge in [-0.15, -0.1) is 10.2 Å². The van der Waals surface area contributed by atoms with Crippen LogP contribution in [0.2, 0.25) is 0 Å². The minimum absolute atomic E-state index is 0.313. The van der Waals surface area contributed by atoms with E-state index in [9.17, 15) is 4.79 Å². The average Bonchev–Trinajstić information content (AvgIpc) is 2.74. The Labute approximate surface area is 163 Å². The molecule has 0 aliphatic rings. The first-order valence-electron chi connectivity index (χ1n) is 8.86. The summed E-state index contributed by atoms with van der Waals surface area (Å²) in [6.07, 6.45) is 0.913. The lowest BCUT2D eigenvalue weighted by molar-refractivity contribution is 0.102. The summed E-state index contributed by atoms with van der Waals surface area (Å²) in [4.78, 5) is 12.5. The molecule has 3 rings (SSSR count). The Morgan fingerprint density at radius 2 is 1.64 bits per heavy atom. The molecule has 7 nitrogen and oxygen atoms in total. The minimum Gasteiger partial charge on any atom is -0.493 e. The van der Waals surface area contributed by atoms with Crippen molar-refractivity contribution in [3.63, 3.8) is 0 Å². The number of rotatable bonds is 7. The van der Waals surface area contributed by atoms with Crippen molar-refractivity contribution in [1.29, 1.82) is 0 Å². The molecule has 0 bridgehead atoms. The van der Waals surface area contributed by atoms with Crippen LogP contribution in [0.5, 0.6) is 11.5 Å². The lowest BCUT2D eigenvalue weighted by Gasteiger charge is -2.11. The molecule has 1 heterocycles. The molecule has 1 amide bonds. The van der Waals surface area contributed by atoms with Gasteiger partial charge in [-0.25, -0.2) is 0 Å². The fourth-order valence-electron chi connectivity index (χ4n) is 2.72. The number of nitrogens with one attached hydrogen (secondary N) is 2. The molecule has 0 aliphatic heterocycles. The molecule has 0 atom stereocenters. The van der Waals surface area contributed by atoms with Gasteiger partial charge >= 0.3 is 0 Å². The molecule has 0 saturated heterocycles. The van der Waals surface area contributed by atoms with Crippen LogP contribution in [-0.4, -0.2) is 30.3 Å². The van der Waals surface area contributed by atoms with E-state index < -0.39 is 0 Å². The molecule has 2 aromatic carbocycles. The molecule has 0 unspecified atom stereocenters. The first-order chi connectivity index (χ1) is 13.6. The number of nitrogens with zero attached hydrogens (tertiary/aromatic N) is 2. The SMILES string of the molecule is CCc1ccccc1Nc1ccc(NC(=O)c2ccc(OC)c(OC)c2)nn1. The van der Waals surface area contributed by atoms with E-state index in [4.69, 9.17) is 9.47 Å². The van der Waals surface area contributed by atoms with Crippen molar-refractivity contribution >= 4 is 23.2 Å². The summed E-state index contributed by atoms with van der Waals surface area (Å²) >= 11 is 0. The Bertz CT molecular complexity index is 958. The molecule has 28 heavy (non-hydrogen) atoms. The molecule has 7 heteroatoms. The first kappa shape index (κ1) is 19.2. The highest BCUT2D eigenvalue weighted by Crippen LogP contribution is 2.28. The Kier molecular flexibility index (Phi) is 6.06. The Morgan fingerprint density at radius 3 is 2.32 bits per heavy atom. The number of para-hydroxylation sites is 1. The Hall–Kier alpha value is -3.61. The van der Waals surface area contributed by atoms with Crippen LogP contribution in [0.1, 0.15) is 22.8 Å². The van der Waals surface area contributed by atoms with Gasteiger partial charge in [0.15, 0.2) is 23.1 Å². The van der Waals surface area contributed by atoms with Crippen molar-refractivity contribution in [3.8, 4) is 11.5 Å². The van der Waals surface area contributed by atoms with E-state index in [0.717, 1.165) is 12.1 Å². The summed E-state index contributed by atoms with van der Waals surface area (Å²) in [6.45, 7) is 2.10. The normalized spacial score (nSPS) is 10.2. The highest BCUT2D eigenvalue weighted by molar-refractivity contribution is 6.04. The van der Waals surface area contributed by atoms with E-state index in [0.29, 0.717) is 28.7 Å². The van der Waals surface area contributed by atoms with E-state index in [1.165, 1.54) is 12.7 Å². The lowest BCUT2D eigenvalue weighted by atomic mass is 10.1. The number of ether oxygens (including phenoxy) is 2. The van der Waals surface area contributed by atoms with E-state index >= 15 is 0 Å². The summed E-state index contributed by atoms with van der Waals surface area (Å²) in [5.74, 6) is 1.68. The molecule has 3 aromatic rings. The van der Waals surface area contributed by atoms with Crippen molar-refractivity contribution in [2.75, 3.05) is 24.9 Å². The van der Waals surface area contributed by atoms with Crippen molar-refractivity contribution < 1.29 is 14.3 Å². The number of benzene rings is 2. The highest BCUT2D eigenvalue weighted by atomic mass is 16.5. The lowest BCUT2D eigenvalue weighted by Crippen LogP contribution is -2.13. The van der Waals surface area contributed by atoms with Crippen LogP contribution in [-0.2, 0) is 6.42 Å². The summed E-state index contributed by atoms with van der Waals surface area (Å²) in [6, 6.07) is 16.4. The molecule has 1 aromatic heterocycles. The molecule has 0 saturated carbocycles. The van der Waals surface area contributed by atoms with Gasteiger partial charge in [-0.1, -0.05) is 25.1 Å². The maximum atomic E-state index is 12.5. The largest absolute Gasteiger partial charge is 0.493 e. The van der Waals surface area contributed by atoms with Crippen molar-refractivity contribution in [2.45, 2.75) is 13.3 Å². The summed E-state index contributed by atoms with van der Waals surface area (Å²) in [5.41, 5.74) is 2.61. The number of methoxy groups -OCH3 is 2. The number of amides is 1. The van der Waals surface area contributed by atoms with Gasteiger partial charge in [-0.3, -0.25) is 4.79 Å². The molecule has 0 radical (unpaired) electrons. The van der Waals surface area contributed by atoms with E-state index in [1.54, 1.807) is 37.4 Å². The zero-order valence-corrected chi connectivity index (χ0v) is 16.0. The van der Waals surface area contributed by atoms with Gasteiger partial charge in [0.25, 0.3) is 5.91 Å². The number of aromatic nitrogens is 2. The van der Waals surface area contributed by atoms with Crippen molar-refractivity contribution in [3.05, 3.63) is 65.7 Å². The number of carbonyl (C=O) groups is 1. The van der Waals surface area contributed by atoms with E-state index in [2.05, 4.69) is 33.8 Å². The third-order valence-corrected chi connectivity index (χ3v) is 4.21. The van der Waals surface area contributed by atoms with Gasteiger partial charge in [0.1, 0.15) is 0 Å². The summed E-state index contributed by atoms with van der Waals surface area (Å²) in [5, 5.41) is 14.2. The van der Waals surface area contributed by atoms with Gasteiger partial charge in [0.2, 0.25) is 0 Å². The number of hydrogen-bond acceptors (Lipinski definition) is 6. The number of anilines is 3. The van der Waals surface area contributed by atoms with Crippen LogP contribution in [0.25, 0.3) is 0 Å². The second kappa shape index (κ2) is 8.85. The third-order valence-electron chi connectivity index (χ3n) is 4.21. The zero-order chi connectivity index (χ0) is 19.9. The minimum atomic E-state index is -0.313. The monoisotopic (exact) mass is 378 g/mol. The van der Waals surface area contributed by atoms with Gasteiger partial charge < -0.3 is 20.1 Å². The molecule has 2 N–H and O–H groups in total. The third kappa shape index (κ3) is 4.37. The zero-order valence-electron chi connectivity index (χ0n) is 16.0. The molecule has 0 aliphatic carbocycles. The molecule has 0 fully saturated rings. The second-order valence-electron chi connectivity index (χ2n) is 5.96. The van der Waals surface area contributed by atoms with Crippen molar-refractivity contribution in [2.24, 2.45) is 0 Å². The topological polar surface area (TPSA) is 85.4 Å². The number of carbonyl (C=O) groups excluding carboxylic acids is 1. The smallest absolute Gasteiger partial charge is 0.257 e. The quantitative estimate of drug-likeness (QED) is 0.645. The van der Waals surface area contributed by atoms with E-state index in [1.807, 2.05) is 18.2 Å². The predicted molar refractivity (Wildman–Crippen MR) is 109 cm³/mol. The van der Waals surface area contributed by atoms with Crippen LogP contribution in [0.4, 0.5) is 17.3 Å². The summed E-state index contributed by atoms with van der Waals surface area (Å²) < 4.78 is 10.4. The van der Waals surface area contributed by atoms with Crippen LogP contribution in [0, 0.1) is 0 Å². The van der Waals surface area contributed by atoms with Crippen LogP contribution in [0.3, 0.4) is 0 Å². The first-order valence-corrected chi connectivity index (χ1v) is 8.86. The second-order valence-corrected chi connectivity index (χ2v) is 5.96. The molecule has 0 spiro atoms. The number of aryl methyl sites for hydroxylation is 1. The fourth-order valence-corrected chi connectivity index (χ4v) is 2.72. The molecular weight excluding hydrogens is 356 g/mol. The average molecular weight is 378 g/mol. The molecular formula is C21H22N4O3. The van der Waals surface area contributed by atoms with Gasteiger partial charge in [0.05, 0.1) is 14.2 Å². The molecule has 144 valence electrons.